The number of carbonyl (C=O) groups excluding carboxylic acids is 3. The van der Waals surface area contributed by atoms with Gasteiger partial charge in [0.15, 0.2) is 0 Å². The first-order chi connectivity index (χ1) is 18.8. The quantitative estimate of drug-likeness (QED) is 0.197. The maximum Gasteiger partial charge on any atom is 0.312 e. The smallest absolute Gasteiger partial charge is 0.312 e. The van der Waals surface area contributed by atoms with Crippen molar-refractivity contribution in [1.82, 2.24) is 14.7 Å². The van der Waals surface area contributed by atoms with Gasteiger partial charge in [-0.2, -0.15) is 0 Å². The molecule has 0 aromatic rings. The van der Waals surface area contributed by atoms with E-state index < -0.39 is 41.6 Å². The molecule has 4 saturated heterocycles. The highest BCUT2D eigenvalue weighted by Crippen LogP contribution is 2.59. The summed E-state index contributed by atoms with van der Waals surface area (Å²) >= 11 is 0. The molecular weight excluding hydrogens is 502 g/mol. The fourth-order valence-corrected chi connectivity index (χ4v) is 6.86. The van der Waals surface area contributed by atoms with E-state index in [1.165, 1.54) is 0 Å². The number of aliphatic hydroxyl groups is 1. The minimum atomic E-state index is -1.12. The summed E-state index contributed by atoms with van der Waals surface area (Å²) in [6.07, 6.45) is 5.21. The summed E-state index contributed by atoms with van der Waals surface area (Å²) in [5.74, 6) is -2.62. The second-order valence-electron chi connectivity index (χ2n) is 11.2. The van der Waals surface area contributed by atoms with Crippen LogP contribution in [0.4, 0.5) is 0 Å². The minimum Gasteiger partial charge on any atom is -0.465 e. The van der Waals surface area contributed by atoms with Gasteiger partial charge in [0.25, 0.3) is 0 Å². The third kappa shape index (κ3) is 5.53. The van der Waals surface area contributed by atoms with E-state index in [1.54, 1.807) is 22.0 Å². The number of ether oxygens (including phenoxy) is 3. The first-order valence-electron chi connectivity index (χ1n) is 14.4. The van der Waals surface area contributed by atoms with Crippen molar-refractivity contribution in [2.45, 2.75) is 63.3 Å². The number of hydrogen-bond donors (Lipinski definition) is 1. The van der Waals surface area contributed by atoms with E-state index in [2.05, 4.69) is 18.1 Å². The Bertz CT molecular complexity index is 923. The fraction of sp³-hybridized carbons (Fsp3) is 0.759. The molecule has 7 atom stereocenters. The second-order valence-corrected chi connectivity index (χ2v) is 11.2. The number of fused-ring (bicyclic) bond motifs is 1. The van der Waals surface area contributed by atoms with Crippen LogP contribution in [0.2, 0.25) is 0 Å². The largest absolute Gasteiger partial charge is 0.465 e. The molecule has 2 amide bonds. The lowest BCUT2D eigenvalue weighted by molar-refractivity contribution is -0.157. The van der Waals surface area contributed by atoms with Gasteiger partial charge < -0.3 is 29.1 Å². The zero-order chi connectivity index (χ0) is 28.2. The lowest BCUT2D eigenvalue weighted by Gasteiger charge is -2.41. The first kappa shape index (κ1) is 29.7. The van der Waals surface area contributed by atoms with E-state index in [-0.39, 0.29) is 30.9 Å². The molecule has 39 heavy (non-hydrogen) atoms. The highest BCUT2D eigenvalue weighted by atomic mass is 16.6. The van der Waals surface area contributed by atoms with Gasteiger partial charge in [0.2, 0.25) is 11.8 Å². The van der Waals surface area contributed by atoms with Crippen molar-refractivity contribution in [2.24, 2.45) is 17.8 Å². The summed E-state index contributed by atoms with van der Waals surface area (Å²) in [7, 11) is 0. The predicted octanol–water partition coefficient (Wildman–Crippen LogP) is 1.23. The topological polar surface area (TPSA) is 109 Å². The number of nitrogens with zero attached hydrogens (tertiary/aromatic N) is 3. The van der Waals surface area contributed by atoms with E-state index in [4.69, 9.17) is 14.2 Å². The van der Waals surface area contributed by atoms with Crippen molar-refractivity contribution >= 4 is 17.8 Å². The summed E-state index contributed by atoms with van der Waals surface area (Å²) in [5.41, 5.74) is -1.12. The van der Waals surface area contributed by atoms with Crippen LogP contribution in [0.5, 0.6) is 0 Å². The molecule has 10 heteroatoms. The predicted molar refractivity (Wildman–Crippen MR) is 145 cm³/mol. The van der Waals surface area contributed by atoms with Crippen LogP contribution < -0.4 is 0 Å². The summed E-state index contributed by atoms with van der Waals surface area (Å²) < 4.78 is 17.5. The van der Waals surface area contributed by atoms with Crippen LogP contribution in [0.25, 0.3) is 0 Å². The van der Waals surface area contributed by atoms with Crippen molar-refractivity contribution in [1.29, 1.82) is 0 Å². The van der Waals surface area contributed by atoms with Gasteiger partial charge in [-0.1, -0.05) is 32.4 Å². The van der Waals surface area contributed by atoms with Gasteiger partial charge >= 0.3 is 5.97 Å². The standard InChI is InChI=1S/C29H45N3O7/c1-5-8-16-38-28(36)23-22-9-10-29(39-22)24(23)26(34)32(21(19-33)20(4)7-3)25(29)27(35)31(11-6-2)13-12-30-14-17-37-18-15-30/h5-6,20-25,33H,1-2,7-19H2,3-4H3/t20-,21-,22-,23+,24-,25?,29?/m0/s1. The molecule has 2 unspecified atom stereocenters. The highest BCUT2D eigenvalue weighted by molar-refractivity contribution is 5.98. The monoisotopic (exact) mass is 547 g/mol. The Morgan fingerprint density at radius 1 is 1.28 bits per heavy atom. The van der Waals surface area contributed by atoms with Crippen LogP contribution >= 0.6 is 0 Å². The lowest BCUT2D eigenvalue weighted by Crippen LogP contribution is -2.60. The summed E-state index contributed by atoms with van der Waals surface area (Å²) in [6.45, 7) is 15.8. The van der Waals surface area contributed by atoms with Gasteiger partial charge in [0.05, 0.1) is 50.4 Å². The molecule has 0 aromatic carbocycles. The van der Waals surface area contributed by atoms with E-state index in [1.807, 2.05) is 13.8 Å². The number of carbonyl (C=O) groups is 3. The number of esters is 1. The van der Waals surface area contributed by atoms with Gasteiger partial charge in [0.1, 0.15) is 11.6 Å². The average Bonchev–Trinajstić information content (AvgIpc) is 3.59. The number of aliphatic hydroxyl groups excluding tert-OH is 1. The third-order valence-electron chi connectivity index (χ3n) is 9.11. The summed E-state index contributed by atoms with van der Waals surface area (Å²) in [6, 6.07) is -1.50. The van der Waals surface area contributed by atoms with Crippen LogP contribution in [0.1, 0.15) is 39.5 Å². The van der Waals surface area contributed by atoms with Gasteiger partial charge in [-0.3, -0.25) is 19.3 Å². The van der Waals surface area contributed by atoms with E-state index in [9.17, 15) is 19.5 Å². The number of likely N-dealkylation sites (tertiary alicyclic amines) is 1. The molecule has 1 spiro atoms. The van der Waals surface area contributed by atoms with Gasteiger partial charge in [-0.15, -0.1) is 13.2 Å². The lowest BCUT2D eigenvalue weighted by atomic mass is 9.70. The summed E-state index contributed by atoms with van der Waals surface area (Å²) in [5, 5.41) is 10.5. The molecule has 0 radical (unpaired) electrons. The molecule has 2 bridgehead atoms. The van der Waals surface area contributed by atoms with Gasteiger partial charge in [-0.05, 0) is 25.2 Å². The summed E-state index contributed by atoms with van der Waals surface area (Å²) in [4.78, 5) is 47.5. The van der Waals surface area contributed by atoms with E-state index in [0.717, 1.165) is 19.5 Å². The minimum absolute atomic E-state index is 0.0547. The van der Waals surface area contributed by atoms with Crippen molar-refractivity contribution in [3.05, 3.63) is 25.3 Å². The van der Waals surface area contributed by atoms with E-state index in [0.29, 0.717) is 52.1 Å². The Hall–Kier alpha value is -2.27. The molecule has 4 aliphatic heterocycles. The number of morpholine rings is 1. The Kier molecular flexibility index (Phi) is 9.85. The molecule has 10 nitrogen and oxygen atoms in total. The molecule has 1 N–H and O–H groups in total. The maximum atomic E-state index is 14.5. The van der Waals surface area contributed by atoms with Crippen molar-refractivity contribution in [3.8, 4) is 0 Å². The molecule has 218 valence electrons. The van der Waals surface area contributed by atoms with Crippen molar-refractivity contribution < 1.29 is 33.7 Å². The van der Waals surface area contributed by atoms with Crippen LogP contribution in [-0.2, 0) is 28.6 Å². The van der Waals surface area contributed by atoms with Crippen LogP contribution in [0.15, 0.2) is 25.3 Å². The maximum absolute atomic E-state index is 14.5. The first-order valence-corrected chi connectivity index (χ1v) is 14.4. The molecule has 4 rings (SSSR count). The fourth-order valence-electron chi connectivity index (χ4n) is 6.86. The van der Waals surface area contributed by atoms with Gasteiger partial charge in [0, 0.05) is 32.7 Å². The SMILES string of the molecule is C=CCCOC(=O)[C@@H]1[C@@H]2CCC3(O2)C(C(=O)N(CC=C)CCN2CCOCC2)N([C@@H](CO)[C@@H](C)CC)C(=O)[C@H]13. The molecular formula is C29H45N3O7. The zero-order valence-corrected chi connectivity index (χ0v) is 23.5. The normalized spacial score (nSPS) is 31.6. The molecule has 4 heterocycles. The molecule has 0 aromatic heterocycles. The third-order valence-corrected chi connectivity index (χ3v) is 9.11. The molecule has 0 saturated carbocycles. The molecule has 0 aliphatic carbocycles. The van der Waals surface area contributed by atoms with Gasteiger partial charge in [-0.25, -0.2) is 0 Å². The number of hydrogen-bond acceptors (Lipinski definition) is 8. The Labute approximate surface area is 231 Å². The average molecular weight is 548 g/mol. The van der Waals surface area contributed by atoms with Crippen molar-refractivity contribution in [2.75, 3.05) is 59.2 Å². The Morgan fingerprint density at radius 2 is 2.03 bits per heavy atom. The molecule has 4 aliphatic rings. The van der Waals surface area contributed by atoms with Crippen molar-refractivity contribution in [3.63, 3.8) is 0 Å². The van der Waals surface area contributed by atoms with Crippen LogP contribution in [0.3, 0.4) is 0 Å². The molecule has 4 fully saturated rings. The Balaban J connectivity index is 1.67. The van der Waals surface area contributed by atoms with E-state index >= 15 is 0 Å². The second kappa shape index (κ2) is 12.9. The Morgan fingerprint density at radius 3 is 2.67 bits per heavy atom. The highest BCUT2D eigenvalue weighted by Gasteiger charge is 2.75. The van der Waals surface area contributed by atoms with Crippen LogP contribution in [-0.4, -0.2) is 121 Å². The number of rotatable bonds is 14. The zero-order valence-electron chi connectivity index (χ0n) is 23.5. The van der Waals surface area contributed by atoms with Crippen LogP contribution in [0, 0.1) is 17.8 Å². The number of amides is 2.